The van der Waals surface area contributed by atoms with Crippen LogP contribution in [0.25, 0.3) is 0 Å². The molecule has 0 aliphatic carbocycles. The first-order chi connectivity index (χ1) is 6.27. The number of aromatic nitrogens is 1. The molecule has 0 saturated heterocycles. The highest BCUT2D eigenvalue weighted by Crippen LogP contribution is 2.23. The maximum absolute atomic E-state index is 10.5. The zero-order valence-electron chi connectivity index (χ0n) is 6.99. The van der Waals surface area contributed by atoms with E-state index < -0.39 is 5.97 Å². The lowest BCUT2D eigenvalue weighted by Crippen LogP contribution is -2.31. The van der Waals surface area contributed by atoms with E-state index in [-0.39, 0.29) is 12.5 Å². The summed E-state index contributed by atoms with van der Waals surface area (Å²) in [5, 5.41) is 11.7. The predicted octanol–water partition coefficient (Wildman–Crippen LogP) is 0.336. The first kappa shape index (κ1) is 8.25. The van der Waals surface area contributed by atoms with Crippen LogP contribution in [0.4, 0.5) is 0 Å². The number of carboxylic acids is 1. The minimum Gasteiger partial charge on any atom is -0.481 e. The molecular formula is C8H10N2O3. The Kier molecular flexibility index (Phi) is 2.02. The second kappa shape index (κ2) is 3.18. The Hall–Kier alpha value is -1.36. The Morgan fingerprint density at radius 1 is 1.85 bits per heavy atom. The van der Waals surface area contributed by atoms with Crippen molar-refractivity contribution in [2.75, 3.05) is 6.54 Å². The molecular weight excluding hydrogens is 172 g/mol. The Balaban J connectivity index is 2.20. The van der Waals surface area contributed by atoms with Crippen LogP contribution in [0.2, 0.25) is 0 Å². The highest BCUT2D eigenvalue weighted by molar-refractivity contribution is 5.67. The second-order valence-corrected chi connectivity index (χ2v) is 3.02. The van der Waals surface area contributed by atoms with Crippen LogP contribution < -0.4 is 5.32 Å². The number of fused-ring (bicyclic) bond motifs is 1. The number of carbonyl (C=O) groups is 1. The fraction of sp³-hybridized carbons (Fsp3) is 0.500. The SMILES string of the molecule is O=C(O)CC1NCCc2ocnc21. The van der Waals surface area contributed by atoms with Crippen molar-refractivity contribution < 1.29 is 14.3 Å². The first-order valence-corrected chi connectivity index (χ1v) is 4.15. The Morgan fingerprint density at radius 3 is 3.46 bits per heavy atom. The van der Waals surface area contributed by atoms with E-state index >= 15 is 0 Å². The molecule has 13 heavy (non-hydrogen) atoms. The zero-order chi connectivity index (χ0) is 9.26. The molecule has 2 rings (SSSR count). The largest absolute Gasteiger partial charge is 0.481 e. The Labute approximate surface area is 74.8 Å². The van der Waals surface area contributed by atoms with Crippen molar-refractivity contribution in [1.82, 2.24) is 10.3 Å². The molecule has 0 bridgehead atoms. The van der Waals surface area contributed by atoms with E-state index in [1.807, 2.05) is 0 Å². The van der Waals surface area contributed by atoms with Crippen LogP contribution in [0.3, 0.4) is 0 Å². The molecule has 1 aliphatic rings. The van der Waals surface area contributed by atoms with Gasteiger partial charge in [-0.05, 0) is 0 Å². The van der Waals surface area contributed by atoms with E-state index in [9.17, 15) is 4.79 Å². The van der Waals surface area contributed by atoms with Crippen molar-refractivity contribution in [2.45, 2.75) is 18.9 Å². The lowest BCUT2D eigenvalue weighted by Gasteiger charge is -2.19. The minimum absolute atomic E-state index is 0.0551. The summed E-state index contributed by atoms with van der Waals surface area (Å²) in [7, 11) is 0. The minimum atomic E-state index is -0.826. The molecule has 0 radical (unpaired) electrons. The third-order valence-corrected chi connectivity index (χ3v) is 2.12. The molecule has 2 heterocycles. The zero-order valence-corrected chi connectivity index (χ0v) is 6.99. The van der Waals surface area contributed by atoms with Crippen molar-refractivity contribution in [2.24, 2.45) is 0 Å². The van der Waals surface area contributed by atoms with Crippen LogP contribution in [0, 0.1) is 0 Å². The molecule has 2 N–H and O–H groups in total. The molecule has 0 fully saturated rings. The summed E-state index contributed by atoms with van der Waals surface area (Å²) in [4.78, 5) is 14.5. The van der Waals surface area contributed by atoms with Crippen molar-refractivity contribution >= 4 is 5.97 Å². The molecule has 1 atom stereocenters. The van der Waals surface area contributed by atoms with E-state index in [0.717, 1.165) is 24.4 Å². The number of nitrogens with one attached hydrogen (secondary N) is 1. The van der Waals surface area contributed by atoms with E-state index in [2.05, 4.69) is 10.3 Å². The number of aliphatic carboxylic acids is 1. The molecule has 0 spiro atoms. The first-order valence-electron chi connectivity index (χ1n) is 4.15. The Bertz CT molecular complexity index is 321. The number of hydrogen-bond donors (Lipinski definition) is 2. The van der Waals surface area contributed by atoms with Gasteiger partial charge in [0.25, 0.3) is 0 Å². The predicted molar refractivity (Wildman–Crippen MR) is 43.2 cm³/mol. The monoisotopic (exact) mass is 182 g/mol. The third kappa shape index (κ3) is 1.55. The fourth-order valence-electron chi connectivity index (χ4n) is 1.55. The molecule has 0 aromatic carbocycles. The highest BCUT2D eigenvalue weighted by Gasteiger charge is 2.25. The quantitative estimate of drug-likeness (QED) is 0.689. The van der Waals surface area contributed by atoms with E-state index in [4.69, 9.17) is 9.52 Å². The summed E-state index contributed by atoms with van der Waals surface area (Å²) >= 11 is 0. The molecule has 5 nitrogen and oxygen atoms in total. The average Bonchev–Trinajstić information content (AvgIpc) is 2.51. The van der Waals surface area contributed by atoms with Crippen molar-refractivity contribution in [3.05, 3.63) is 17.8 Å². The van der Waals surface area contributed by atoms with Crippen molar-refractivity contribution in [3.8, 4) is 0 Å². The molecule has 70 valence electrons. The normalized spacial score (nSPS) is 21.1. The van der Waals surface area contributed by atoms with E-state index in [0.29, 0.717) is 0 Å². The van der Waals surface area contributed by atoms with E-state index in [1.165, 1.54) is 6.39 Å². The van der Waals surface area contributed by atoms with Gasteiger partial charge in [0.2, 0.25) is 0 Å². The van der Waals surface area contributed by atoms with Gasteiger partial charge in [-0.25, -0.2) is 4.98 Å². The van der Waals surface area contributed by atoms with Crippen LogP contribution in [0.15, 0.2) is 10.8 Å². The highest BCUT2D eigenvalue weighted by atomic mass is 16.4. The summed E-state index contributed by atoms with van der Waals surface area (Å²) in [6.07, 6.45) is 2.21. The van der Waals surface area contributed by atoms with Gasteiger partial charge in [-0.3, -0.25) is 4.79 Å². The van der Waals surface area contributed by atoms with Gasteiger partial charge < -0.3 is 14.8 Å². The van der Waals surface area contributed by atoms with Crippen LogP contribution in [0.5, 0.6) is 0 Å². The van der Waals surface area contributed by atoms with Gasteiger partial charge in [0, 0.05) is 13.0 Å². The van der Waals surface area contributed by atoms with Crippen LogP contribution in [0.1, 0.15) is 23.9 Å². The second-order valence-electron chi connectivity index (χ2n) is 3.02. The maximum Gasteiger partial charge on any atom is 0.305 e. The van der Waals surface area contributed by atoms with Crippen LogP contribution >= 0.6 is 0 Å². The summed E-state index contributed by atoms with van der Waals surface area (Å²) in [5.74, 6) is -0.0154. The smallest absolute Gasteiger partial charge is 0.305 e. The maximum atomic E-state index is 10.5. The van der Waals surface area contributed by atoms with Gasteiger partial charge in [0.15, 0.2) is 6.39 Å². The topological polar surface area (TPSA) is 75.4 Å². The summed E-state index contributed by atoms with van der Waals surface area (Å²) < 4.78 is 5.12. The molecule has 0 amide bonds. The summed E-state index contributed by atoms with van der Waals surface area (Å²) in [5.41, 5.74) is 0.744. The van der Waals surface area contributed by atoms with Crippen LogP contribution in [-0.2, 0) is 11.2 Å². The molecule has 1 aromatic heterocycles. The molecule has 0 saturated carbocycles. The van der Waals surface area contributed by atoms with Crippen molar-refractivity contribution in [3.63, 3.8) is 0 Å². The van der Waals surface area contributed by atoms with Gasteiger partial charge in [0.1, 0.15) is 5.76 Å². The van der Waals surface area contributed by atoms with Gasteiger partial charge >= 0.3 is 5.97 Å². The number of hydrogen-bond acceptors (Lipinski definition) is 4. The average molecular weight is 182 g/mol. The lowest BCUT2D eigenvalue weighted by molar-refractivity contribution is -0.137. The number of oxazole rings is 1. The van der Waals surface area contributed by atoms with Gasteiger partial charge in [-0.1, -0.05) is 0 Å². The third-order valence-electron chi connectivity index (χ3n) is 2.12. The molecule has 1 aromatic rings. The van der Waals surface area contributed by atoms with E-state index in [1.54, 1.807) is 0 Å². The summed E-state index contributed by atoms with van der Waals surface area (Å²) in [6, 6.07) is -0.194. The summed E-state index contributed by atoms with van der Waals surface area (Å²) in [6.45, 7) is 0.750. The molecule has 1 aliphatic heterocycles. The molecule has 5 heteroatoms. The fourth-order valence-corrected chi connectivity index (χ4v) is 1.55. The molecule has 1 unspecified atom stereocenters. The van der Waals surface area contributed by atoms with Gasteiger partial charge in [-0.15, -0.1) is 0 Å². The number of carboxylic acid groups (broad SMARTS) is 1. The number of rotatable bonds is 2. The van der Waals surface area contributed by atoms with Crippen LogP contribution in [-0.4, -0.2) is 22.6 Å². The standard InChI is InChI=1S/C8H10N2O3/c11-7(12)3-5-8-6(1-2-9-5)13-4-10-8/h4-5,9H,1-3H2,(H,11,12). The van der Waals surface area contributed by atoms with Gasteiger partial charge in [-0.2, -0.15) is 0 Å². The Morgan fingerprint density at radius 2 is 2.69 bits per heavy atom. The number of nitrogens with zero attached hydrogens (tertiary/aromatic N) is 1. The lowest BCUT2D eigenvalue weighted by atomic mass is 10.0. The van der Waals surface area contributed by atoms with Gasteiger partial charge in [0.05, 0.1) is 18.2 Å². The van der Waals surface area contributed by atoms with Crippen molar-refractivity contribution in [1.29, 1.82) is 0 Å².